The fourth-order valence-corrected chi connectivity index (χ4v) is 2.76. The van der Waals surface area contributed by atoms with E-state index in [1.54, 1.807) is 12.1 Å². The number of hydrogen-bond donors (Lipinski definition) is 2. The number of nitriles is 1. The molecule has 0 heterocycles. The van der Waals surface area contributed by atoms with Gasteiger partial charge in [0.2, 0.25) is 10.0 Å². The molecule has 1 unspecified atom stereocenters. The lowest BCUT2D eigenvalue weighted by molar-refractivity contribution is -0.137. The van der Waals surface area contributed by atoms with Crippen molar-refractivity contribution in [2.75, 3.05) is 0 Å². The van der Waals surface area contributed by atoms with Crippen LogP contribution in [0.3, 0.4) is 0 Å². The Bertz CT molecular complexity index is 587. The van der Waals surface area contributed by atoms with Crippen molar-refractivity contribution in [3.05, 3.63) is 29.8 Å². The first-order valence-electron chi connectivity index (χ1n) is 5.55. The molecule has 7 heteroatoms. The molecule has 102 valence electrons. The Morgan fingerprint density at radius 2 is 2.00 bits per heavy atom. The molecule has 1 aromatic rings. The molecule has 1 rings (SSSR count). The van der Waals surface area contributed by atoms with Gasteiger partial charge in [-0.05, 0) is 24.6 Å². The quantitative estimate of drug-likeness (QED) is 0.805. The number of carboxylic acids is 1. The molecule has 0 aliphatic rings. The van der Waals surface area contributed by atoms with Gasteiger partial charge in [-0.3, -0.25) is 4.79 Å². The minimum Gasteiger partial charge on any atom is -0.481 e. The molecule has 6 nitrogen and oxygen atoms in total. The van der Waals surface area contributed by atoms with E-state index in [4.69, 9.17) is 10.4 Å². The Morgan fingerprint density at radius 1 is 1.42 bits per heavy atom. The molecular weight excluding hydrogens is 268 g/mol. The minimum atomic E-state index is -3.73. The first kappa shape index (κ1) is 15.1. The molecule has 0 amide bonds. The summed E-state index contributed by atoms with van der Waals surface area (Å²) in [6.45, 7) is 1.48. The van der Waals surface area contributed by atoms with Crippen LogP contribution in [0.1, 0.15) is 18.9 Å². The van der Waals surface area contributed by atoms with E-state index >= 15 is 0 Å². The average molecular weight is 282 g/mol. The second-order valence-electron chi connectivity index (χ2n) is 4.10. The van der Waals surface area contributed by atoms with Crippen LogP contribution in [0.5, 0.6) is 0 Å². The van der Waals surface area contributed by atoms with Crippen LogP contribution in [-0.4, -0.2) is 25.5 Å². The Hall–Kier alpha value is -1.91. The third-order valence-electron chi connectivity index (χ3n) is 2.35. The van der Waals surface area contributed by atoms with Crippen LogP contribution < -0.4 is 4.72 Å². The summed E-state index contributed by atoms with van der Waals surface area (Å²) in [5.41, 5.74) is 0.722. The molecule has 0 spiro atoms. The van der Waals surface area contributed by atoms with Gasteiger partial charge < -0.3 is 5.11 Å². The van der Waals surface area contributed by atoms with Crippen LogP contribution in [0.4, 0.5) is 0 Å². The van der Waals surface area contributed by atoms with Crippen molar-refractivity contribution in [2.45, 2.75) is 30.7 Å². The molecular formula is C12H14N2O4S. The molecule has 2 N–H and O–H groups in total. The monoisotopic (exact) mass is 282 g/mol. The van der Waals surface area contributed by atoms with Crippen LogP contribution in [0.25, 0.3) is 0 Å². The maximum atomic E-state index is 11.9. The topological polar surface area (TPSA) is 107 Å². The number of benzene rings is 1. The first-order valence-corrected chi connectivity index (χ1v) is 7.03. The summed E-state index contributed by atoms with van der Waals surface area (Å²) in [5.74, 6) is -1.07. The highest BCUT2D eigenvalue weighted by molar-refractivity contribution is 7.89. The van der Waals surface area contributed by atoms with Crippen molar-refractivity contribution in [2.24, 2.45) is 0 Å². The highest BCUT2D eigenvalue weighted by Crippen LogP contribution is 2.12. The van der Waals surface area contributed by atoms with Gasteiger partial charge in [0.05, 0.1) is 23.8 Å². The lowest BCUT2D eigenvalue weighted by Gasteiger charge is -2.12. The number of nitrogens with one attached hydrogen (secondary N) is 1. The number of nitrogens with zero attached hydrogens (tertiary/aromatic N) is 1. The van der Waals surface area contributed by atoms with Crippen molar-refractivity contribution in [1.29, 1.82) is 5.26 Å². The summed E-state index contributed by atoms with van der Waals surface area (Å²) in [5, 5.41) is 17.1. The Morgan fingerprint density at radius 3 is 2.47 bits per heavy atom. The van der Waals surface area contributed by atoms with Crippen molar-refractivity contribution in [3.8, 4) is 6.07 Å². The highest BCUT2D eigenvalue weighted by Gasteiger charge is 2.18. The van der Waals surface area contributed by atoms with Gasteiger partial charge in [-0.25, -0.2) is 13.1 Å². The molecule has 0 aliphatic carbocycles. The maximum absolute atomic E-state index is 11.9. The number of sulfonamides is 1. The lowest BCUT2D eigenvalue weighted by atomic mass is 10.2. The highest BCUT2D eigenvalue weighted by atomic mass is 32.2. The Kier molecular flexibility index (Phi) is 5.03. The second kappa shape index (κ2) is 6.31. The normalized spacial score (nSPS) is 12.6. The summed E-state index contributed by atoms with van der Waals surface area (Å²) in [4.78, 5) is 10.5. The predicted octanol–water partition coefficient (Wildman–Crippen LogP) is 0.894. The van der Waals surface area contributed by atoms with Crippen molar-refractivity contribution in [3.63, 3.8) is 0 Å². The van der Waals surface area contributed by atoms with Crippen LogP contribution >= 0.6 is 0 Å². The van der Waals surface area contributed by atoms with E-state index in [2.05, 4.69) is 4.72 Å². The smallest absolute Gasteiger partial charge is 0.304 e. The molecule has 0 saturated heterocycles. The molecule has 0 saturated carbocycles. The molecule has 1 aromatic carbocycles. The van der Waals surface area contributed by atoms with Gasteiger partial charge in [-0.1, -0.05) is 12.1 Å². The standard InChI is InChI=1S/C12H14N2O4S/c1-9(8-12(15)16)14-19(17,18)11-4-2-10(3-5-11)6-7-13/h2-5,9,14H,6,8H2,1H3,(H,15,16). The Balaban J connectivity index is 2.83. The fraction of sp³-hybridized carbons (Fsp3) is 0.333. The van der Waals surface area contributed by atoms with Gasteiger partial charge in [-0.2, -0.15) is 5.26 Å². The number of hydrogen-bond acceptors (Lipinski definition) is 4. The number of aliphatic carboxylic acids is 1. The minimum absolute atomic E-state index is 0.0476. The zero-order valence-electron chi connectivity index (χ0n) is 10.3. The van der Waals surface area contributed by atoms with Gasteiger partial charge in [0.25, 0.3) is 0 Å². The van der Waals surface area contributed by atoms with Crippen LogP contribution in [0.2, 0.25) is 0 Å². The first-order chi connectivity index (χ1) is 8.85. The lowest BCUT2D eigenvalue weighted by Crippen LogP contribution is -2.34. The van der Waals surface area contributed by atoms with E-state index in [0.29, 0.717) is 0 Å². The third-order valence-corrected chi connectivity index (χ3v) is 3.96. The SMILES string of the molecule is CC(CC(=O)O)NS(=O)(=O)c1ccc(CC#N)cc1. The van der Waals surface area contributed by atoms with Crippen LogP contribution in [0, 0.1) is 11.3 Å². The molecule has 19 heavy (non-hydrogen) atoms. The largest absolute Gasteiger partial charge is 0.481 e. The third kappa shape index (κ3) is 4.69. The molecule has 0 bridgehead atoms. The van der Waals surface area contributed by atoms with E-state index in [1.165, 1.54) is 19.1 Å². The van der Waals surface area contributed by atoms with Crippen molar-refractivity contribution in [1.82, 2.24) is 4.72 Å². The maximum Gasteiger partial charge on any atom is 0.304 e. The summed E-state index contributed by atoms with van der Waals surface area (Å²) in [6, 6.07) is 7.17. The Labute approximate surface area is 111 Å². The van der Waals surface area contributed by atoms with Crippen molar-refractivity contribution < 1.29 is 18.3 Å². The predicted molar refractivity (Wildman–Crippen MR) is 67.8 cm³/mol. The molecule has 0 aliphatic heterocycles. The van der Waals surface area contributed by atoms with E-state index in [1.807, 2.05) is 6.07 Å². The molecule has 0 radical (unpaired) electrons. The summed E-state index contributed by atoms with van der Waals surface area (Å²) in [6.07, 6.45) is -0.0745. The number of carbonyl (C=O) groups is 1. The van der Waals surface area contributed by atoms with Gasteiger partial charge in [0.1, 0.15) is 0 Å². The van der Waals surface area contributed by atoms with Crippen LogP contribution in [-0.2, 0) is 21.2 Å². The van der Waals surface area contributed by atoms with Crippen molar-refractivity contribution >= 4 is 16.0 Å². The molecule has 0 fully saturated rings. The van der Waals surface area contributed by atoms with E-state index in [-0.39, 0.29) is 17.7 Å². The number of rotatable bonds is 6. The number of carboxylic acid groups (broad SMARTS) is 1. The van der Waals surface area contributed by atoms with Gasteiger partial charge in [-0.15, -0.1) is 0 Å². The average Bonchev–Trinajstić information content (AvgIpc) is 2.28. The van der Waals surface area contributed by atoms with Crippen LogP contribution in [0.15, 0.2) is 29.2 Å². The van der Waals surface area contributed by atoms with Gasteiger partial charge in [0, 0.05) is 6.04 Å². The second-order valence-corrected chi connectivity index (χ2v) is 5.81. The van der Waals surface area contributed by atoms with Gasteiger partial charge >= 0.3 is 5.97 Å². The summed E-state index contributed by atoms with van der Waals surface area (Å²) in [7, 11) is -3.73. The fourth-order valence-electron chi connectivity index (χ4n) is 1.51. The zero-order chi connectivity index (χ0) is 14.5. The molecule has 1 atom stereocenters. The zero-order valence-corrected chi connectivity index (χ0v) is 11.1. The van der Waals surface area contributed by atoms with E-state index in [9.17, 15) is 13.2 Å². The van der Waals surface area contributed by atoms with E-state index in [0.717, 1.165) is 5.56 Å². The molecule has 0 aromatic heterocycles. The summed E-state index contributed by atoms with van der Waals surface area (Å²) >= 11 is 0. The van der Waals surface area contributed by atoms with Gasteiger partial charge in [0.15, 0.2) is 0 Å². The van der Waals surface area contributed by atoms with E-state index < -0.39 is 22.0 Å². The summed E-state index contributed by atoms with van der Waals surface area (Å²) < 4.78 is 26.1.